The van der Waals surface area contributed by atoms with E-state index in [0.717, 1.165) is 6.07 Å². The lowest BCUT2D eigenvalue weighted by Crippen LogP contribution is -2.59. The molecule has 1 aliphatic carbocycles. The lowest BCUT2D eigenvalue weighted by atomic mass is 9.85. The van der Waals surface area contributed by atoms with E-state index in [2.05, 4.69) is 27.1 Å². The molecule has 3 aromatic rings. The number of anilines is 1. The summed E-state index contributed by atoms with van der Waals surface area (Å²) in [5.41, 5.74) is -3.73. The highest BCUT2D eigenvalue weighted by atomic mass is 19.4. The van der Waals surface area contributed by atoms with Crippen LogP contribution in [-0.2, 0) is 12.1 Å². The minimum Gasteiger partial charge on any atom is -0.310 e. The Balaban J connectivity index is 1.64. The number of rotatable bonds is 2. The number of nitrogens with one attached hydrogen (secondary N) is 3. The molecule has 1 fully saturated rings. The van der Waals surface area contributed by atoms with Gasteiger partial charge in [0.2, 0.25) is 5.54 Å². The highest BCUT2D eigenvalue weighted by molar-refractivity contribution is 5.95. The van der Waals surface area contributed by atoms with Crippen LogP contribution < -0.4 is 16.3 Å². The van der Waals surface area contributed by atoms with Gasteiger partial charge in [-0.25, -0.2) is 19.0 Å². The second-order valence-electron chi connectivity index (χ2n) is 7.75. The van der Waals surface area contributed by atoms with E-state index in [9.17, 15) is 22.8 Å². The van der Waals surface area contributed by atoms with Crippen LogP contribution in [0.25, 0.3) is 11.2 Å². The van der Waals surface area contributed by atoms with Gasteiger partial charge in [-0.1, -0.05) is 11.8 Å². The van der Waals surface area contributed by atoms with Crippen LogP contribution in [0.5, 0.6) is 0 Å². The Bertz CT molecular complexity index is 1380. The van der Waals surface area contributed by atoms with Crippen molar-refractivity contribution in [1.29, 1.82) is 0 Å². The lowest BCUT2D eigenvalue weighted by molar-refractivity contribution is -0.178. The molecule has 1 saturated carbocycles. The molecule has 2 aliphatic rings. The van der Waals surface area contributed by atoms with Crippen LogP contribution >= 0.6 is 0 Å². The van der Waals surface area contributed by atoms with Crippen molar-refractivity contribution < 1.29 is 22.4 Å². The summed E-state index contributed by atoms with van der Waals surface area (Å²) in [5.74, 6) is 3.57. The minimum atomic E-state index is -4.99. The molecule has 0 spiro atoms. The van der Waals surface area contributed by atoms with Gasteiger partial charge in [0.05, 0.1) is 12.1 Å². The molecule has 0 bridgehead atoms. The predicted molar refractivity (Wildman–Crippen MR) is 106 cm³/mol. The van der Waals surface area contributed by atoms with Gasteiger partial charge in [0.1, 0.15) is 5.82 Å². The third kappa shape index (κ3) is 3.19. The number of imidazole rings is 1. The molecule has 5 rings (SSSR count). The van der Waals surface area contributed by atoms with Crippen LogP contribution in [-0.4, -0.2) is 26.7 Å². The highest BCUT2D eigenvalue weighted by Gasteiger charge is 2.59. The summed E-state index contributed by atoms with van der Waals surface area (Å²) < 4.78 is 58.7. The van der Waals surface area contributed by atoms with E-state index in [-0.39, 0.29) is 23.7 Å². The summed E-state index contributed by atoms with van der Waals surface area (Å²) >= 11 is 0. The first-order valence-electron chi connectivity index (χ1n) is 9.73. The molecule has 2 aromatic heterocycles. The number of aromatic amines is 1. The molecule has 3 N–H and O–H groups in total. The van der Waals surface area contributed by atoms with Crippen molar-refractivity contribution in [3.63, 3.8) is 0 Å². The van der Waals surface area contributed by atoms with Crippen LogP contribution in [0.3, 0.4) is 0 Å². The second-order valence-corrected chi connectivity index (χ2v) is 7.75. The first-order valence-corrected chi connectivity index (χ1v) is 9.73. The third-order valence-corrected chi connectivity index (χ3v) is 5.48. The van der Waals surface area contributed by atoms with Crippen LogP contribution in [0.2, 0.25) is 0 Å². The van der Waals surface area contributed by atoms with Crippen molar-refractivity contribution >= 4 is 22.9 Å². The maximum atomic E-state index is 15.0. The van der Waals surface area contributed by atoms with Crippen LogP contribution in [0.15, 0.2) is 35.3 Å². The number of fused-ring (bicyclic) bond motifs is 2. The number of benzene rings is 1. The standard InChI is InChI=1S/C21H15F4N5O2/c22-14-9-13-15(8-12(14)10-30-16-2-1-7-26-17(16)28-19(30)32)27-18(31)29-20(13,21(23,24)25)6-5-11-3-4-11/h1-2,7-9,11H,3-4,10H2,(H,26,28,32)(H2,27,29,31)/t20-/m0/s1. The first kappa shape index (κ1) is 20.1. The van der Waals surface area contributed by atoms with E-state index in [4.69, 9.17) is 0 Å². The molecule has 0 saturated heterocycles. The number of aromatic nitrogens is 3. The fourth-order valence-electron chi connectivity index (χ4n) is 3.69. The number of carbonyl (C=O) groups excluding carboxylic acids is 1. The lowest BCUT2D eigenvalue weighted by Gasteiger charge is -2.37. The van der Waals surface area contributed by atoms with E-state index < -0.39 is 34.8 Å². The van der Waals surface area contributed by atoms with Gasteiger partial charge < -0.3 is 10.6 Å². The van der Waals surface area contributed by atoms with Gasteiger partial charge in [0, 0.05) is 28.9 Å². The number of alkyl halides is 3. The first-order chi connectivity index (χ1) is 15.2. The summed E-state index contributed by atoms with van der Waals surface area (Å²) in [6, 6.07) is 3.90. The third-order valence-electron chi connectivity index (χ3n) is 5.48. The Morgan fingerprint density at radius 2 is 2.03 bits per heavy atom. The van der Waals surface area contributed by atoms with E-state index in [1.54, 1.807) is 12.1 Å². The van der Waals surface area contributed by atoms with Gasteiger partial charge in [0.15, 0.2) is 5.65 Å². The molecule has 3 heterocycles. The number of urea groups is 1. The molecule has 0 unspecified atom stereocenters. The van der Waals surface area contributed by atoms with Crippen molar-refractivity contribution in [3.05, 3.63) is 57.9 Å². The number of H-pyrrole nitrogens is 1. The van der Waals surface area contributed by atoms with E-state index in [1.165, 1.54) is 10.8 Å². The molecular formula is C21H15F4N5O2. The van der Waals surface area contributed by atoms with E-state index in [1.807, 2.05) is 5.32 Å². The molecule has 1 atom stereocenters. The van der Waals surface area contributed by atoms with Crippen molar-refractivity contribution in [2.45, 2.75) is 31.1 Å². The molecule has 7 nitrogen and oxygen atoms in total. The molecule has 1 aromatic carbocycles. The van der Waals surface area contributed by atoms with Gasteiger partial charge in [-0.05, 0) is 37.1 Å². The SMILES string of the molecule is O=C1Nc2cc(Cn3c(=O)[nH]c4ncccc43)c(F)cc2[C@@](C#CC2CC2)(C(F)(F)F)N1. The number of pyridine rings is 1. The van der Waals surface area contributed by atoms with E-state index >= 15 is 4.39 Å². The Kier molecular flexibility index (Phi) is 4.30. The number of halogens is 4. The van der Waals surface area contributed by atoms with Gasteiger partial charge in [-0.2, -0.15) is 13.2 Å². The Morgan fingerprint density at radius 1 is 1.25 bits per heavy atom. The molecule has 11 heteroatoms. The summed E-state index contributed by atoms with van der Waals surface area (Å²) in [5, 5.41) is 4.15. The predicted octanol–water partition coefficient (Wildman–Crippen LogP) is 3.22. The number of carbonyl (C=O) groups is 1. The fraction of sp³-hybridized carbons (Fsp3) is 0.286. The van der Waals surface area contributed by atoms with Crippen molar-refractivity contribution in [3.8, 4) is 11.8 Å². The summed E-state index contributed by atoms with van der Waals surface area (Å²) in [6.45, 7) is -0.278. The van der Waals surface area contributed by atoms with Gasteiger partial charge in [-0.15, -0.1) is 0 Å². The number of amides is 2. The van der Waals surface area contributed by atoms with Crippen LogP contribution in [0.4, 0.5) is 28.0 Å². The zero-order valence-corrected chi connectivity index (χ0v) is 16.3. The molecule has 32 heavy (non-hydrogen) atoms. The normalized spacial score (nSPS) is 20.2. The quantitative estimate of drug-likeness (QED) is 0.418. The van der Waals surface area contributed by atoms with Gasteiger partial charge in [0.25, 0.3) is 0 Å². The number of hydrogen-bond donors (Lipinski definition) is 3. The molecule has 0 radical (unpaired) electrons. The zero-order chi connectivity index (χ0) is 22.7. The molecular weight excluding hydrogens is 430 g/mol. The zero-order valence-electron chi connectivity index (χ0n) is 16.3. The second kappa shape index (κ2) is 6.85. The Morgan fingerprint density at radius 3 is 2.75 bits per heavy atom. The van der Waals surface area contributed by atoms with Crippen LogP contribution in [0, 0.1) is 23.6 Å². The summed E-state index contributed by atoms with van der Waals surface area (Å²) in [7, 11) is 0. The maximum absolute atomic E-state index is 15.0. The monoisotopic (exact) mass is 445 g/mol. The Hall–Kier alpha value is -3.81. The number of nitrogens with zero attached hydrogens (tertiary/aromatic N) is 2. The fourth-order valence-corrected chi connectivity index (χ4v) is 3.69. The largest absolute Gasteiger partial charge is 0.427 e. The average molecular weight is 445 g/mol. The summed E-state index contributed by atoms with van der Waals surface area (Å²) in [6.07, 6.45) is -2.15. The van der Waals surface area contributed by atoms with Crippen molar-refractivity contribution in [2.24, 2.45) is 5.92 Å². The maximum Gasteiger partial charge on any atom is 0.427 e. The van der Waals surface area contributed by atoms with Gasteiger partial charge >= 0.3 is 17.9 Å². The average Bonchev–Trinajstić information content (AvgIpc) is 3.50. The topological polar surface area (TPSA) is 91.8 Å². The Labute approximate surface area is 177 Å². The van der Waals surface area contributed by atoms with Crippen molar-refractivity contribution in [2.75, 3.05) is 5.32 Å². The van der Waals surface area contributed by atoms with Gasteiger partial charge in [-0.3, -0.25) is 9.55 Å². The van der Waals surface area contributed by atoms with Crippen LogP contribution in [0.1, 0.15) is 24.0 Å². The number of hydrogen-bond acceptors (Lipinski definition) is 3. The summed E-state index contributed by atoms with van der Waals surface area (Å²) in [4.78, 5) is 31.0. The van der Waals surface area contributed by atoms with Crippen molar-refractivity contribution in [1.82, 2.24) is 19.9 Å². The van der Waals surface area contributed by atoms with E-state index in [0.29, 0.717) is 30.1 Å². The molecule has 2 amide bonds. The smallest absolute Gasteiger partial charge is 0.310 e. The molecule has 1 aliphatic heterocycles. The minimum absolute atomic E-state index is 0.0796. The molecule has 164 valence electrons. The highest BCUT2D eigenvalue weighted by Crippen LogP contribution is 2.45.